The van der Waals surface area contributed by atoms with Crippen molar-refractivity contribution in [2.24, 2.45) is 5.10 Å². The molecule has 2 heterocycles. The molecule has 6 aromatic rings. The number of nitro groups is 1. The Hall–Kier alpha value is -6.01. The number of halogens is 1. The van der Waals surface area contributed by atoms with Crippen LogP contribution >= 0.6 is 11.6 Å². The maximum atomic E-state index is 13.7. The average Bonchev–Trinajstić information content (AvgIpc) is 3.48. The lowest BCUT2D eigenvalue weighted by Crippen LogP contribution is -2.21. The number of fused-ring (bicyclic) bond motifs is 2. The summed E-state index contributed by atoms with van der Waals surface area (Å²) in [5, 5.41) is 20.8. The number of amides is 1. The molecule has 2 aromatic heterocycles. The molecule has 0 saturated heterocycles. The van der Waals surface area contributed by atoms with Crippen molar-refractivity contribution in [3.63, 3.8) is 0 Å². The van der Waals surface area contributed by atoms with E-state index in [1.54, 1.807) is 67.6 Å². The third kappa shape index (κ3) is 6.53. The van der Waals surface area contributed by atoms with E-state index >= 15 is 0 Å². The van der Waals surface area contributed by atoms with Gasteiger partial charge in [0.05, 0.1) is 28.6 Å². The Morgan fingerprint density at radius 1 is 1.09 bits per heavy atom. The second-order valence-electron chi connectivity index (χ2n) is 10.3. The number of anilines is 1. The first-order chi connectivity index (χ1) is 22.7. The van der Waals surface area contributed by atoms with Crippen LogP contribution in [-0.2, 0) is 4.79 Å². The van der Waals surface area contributed by atoms with Gasteiger partial charge in [-0.2, -0.15) is 9.78 Å². The van der Waals surface area contributed by atoms with Crippen LogP contribution in [0.2, 0.25) is 5.02 Å². The molecule has 12 nitrogen and oxygen atoms in total. The van der Waals surface area contributed by atoms with Gasteiger partial charge >= 0.3 is 5.69 Å². The van der Waals surface area contributed by atoms with Gasteiger partial charge in [0.2, 0.25) is 11.6 Å². The van der Waals surface area contributed by atoms with Gasteiger partial charge < -0.3 is 19.2 Å². The second kappa shape index (κ2) is 13.2. The smallest absolute Gasteiger partial charge is 0.315 e. The van der Waals surface area contributed by atoms with Crippen LogP contribution in [0.15, 0.2) is 99.2 Å². The summed E-state index contributed by atoms with van der Waals surface area (Å²) >= 11 is 6.16. The number of carbonyl (C=O) groups excluding carboxylic acids is 1. The lowest BCUT2D eigenvalue weighted by atomic mass is 10.2. The fourth-order valence-corrected chi connectivity index (χ4v) is 5.08. The number of para-hydroxylation sites is 2. The molecule has 4 aromatic carbocycles. The van der Waals surface area contributed by atoms with E-state index in [4.69, 9.17) is 25.5 Å². The average molecular weight is 652 g/mol. The van der Waals surface area contributed by atoms with E-state index < -0.39 is 28.7 Å². The molecule has 0 atom stereocenters. The first-order valence-corrected chi connectivity index (χ1v) is 14.8. The number of aryl methyl sites for hydroxylation is 1. The molecule has 0 radical (unpaired) electrons. The SMILES string of the molecule is CCOc1cc(C=Nn2c(-c3cc4cc(Cl)ccc4o3)nc3ccccc3c2=O)cc([N+](=O)[O-])c1OCC(=O)Nc1ccccc1C. The van der Waals surface area contributed by atoms with Crippen LogP contribution in [0.4, 0.5) is 11.4 Å². The van der Waals surface area contributed by atoms with E-state index in [1.807, 2.05) is 19.1 Å². The normalized spacial score (nSPS) is 11.3. The molecule has 0 unspecified atom stereocenters. The lowest BCUT2D eigenvalue weighted by Gasteiger charge is -2.14. The molecule has 0 spiro atoms. The Balaban J connectivity index is 1.38. The third-order valence-electron chi connectivity index (χ3n) is 7.10. The molecule has 0 aliphatic rings. The first-order valence-electron chi connectivity index (χ1n) is 14.4. The number of hydrogen-bond donors (Lipinski definition) is 1. The quantitative estimate of drug-likeness (QED) is 0.0946. The Labute approximate surface area is 272 Å². The topological polar surface area (TPSA) is 151 Å². The van der Waals surface area contributed by atoms with E-state index in [0.29, 0.717) is 32.6 Å². The van der Waals surface area contributed by atoms with Crippen LogP contribution in [0.3, 0.4) is 0 Å². The van der Waals surface area contributed by atoms with Gasteiger partial charge in [-0.15, -0.1) is 0 Å². The molecule has 0 saturated carbocycles. The van der Waals surface area contributed by atoms with E-state index in [9.17, 15) is 19.7 Å². The van der Waals surface area contributed by atoms with Gasteiger partial charge in [-0.3, -0.25) is 19.7 Å². The molecule has 13 heteroatoms. The van der Waals surface area contributed by atoms with Gasteiger partial charge in [0.1, 0.15) is 5.58 Å². The molecular formula is C34H26ClN5O7. The Bertz CT molecular complexity index is 2260. The van der Waals surface area contributed by atoms with E-state index in [2.05, 4.69) is 15.4 Å². The molecule has 0 fully saturated rings. The van der Waals surface area contributed by atoms with Crippen molar-refractivity contribution in [3.05, 3.63) is 122 Å². The van der Waals surface area contributed by atoms with Gasteiger partial charge in [-0.25, -0.2) is 4.98 Å². The highest BCUT2D eigenvalue weighted by atomic mass is 35.5. The second-order valence-corrected chi connectivity index (χ2v) is 10.8. The van der Waals surface area contributed by atoms with Crippen molar-refractivity contribution in [1.29, 1.82) is 0 Å². The molecule has 1 N–H and O–H groups in total. The minimum atomic E-state index is -0.650. The Kier molecular flexibility index (Phi) is 8.67. The largest absolute Gasteiger partial charge is 0.490 e. The van der Waals surface area contributed by atoms with E-state index in [-0.39, 0.29) is 35.3 Å². The van der Waals surface area contributed by atoms with Crippen molar-refractivity contribution in [2.75, 3.05) is 18.5 Å². The number of hydrogen-bond acceptors (Lipinski definition) is 9. The highest BCUT2D eigenvalue weighted by molar-refractivity contribution is 6.31. The summed E-state index contributed by atoms with van der Waals surface area (Å²) in [5.74, 6) is -0.344. The monoisotopic (exact) mass is 651 g/mol. The molecule has 1 amide bonds. The summed E-state index contributed by atoms with van der Waals surface area (Å²) in [6, 6.07) is 23.5. The van der Waals surface area contributed by atoms with Gasteiger partial charge in [0.15, 0.2) is 18.1 Å². The van der Waals surface area contributed by atoms with Crippen molar-refractivity contribution >= 4 is 57.0 Å². The van der Waals surface area contributed by atoms with E-state index in [0.717, 1.165) is 10.2 Å². The maximum absolute atomic E-state index is 13.7. The number of aromatic nitrogens is 2. The third-order valence-corrected chi connectivity index (χ3v) is 7.33. The zero-order valence-corrected chi connectivity index (χ0v) is 25.9. The molecule has 236 valence electrons. The number of nitrogens with zero attached hydrogens (tertiary/aromatic N) is 4. The number of rotatable bonds is 10. The van der Waals surface area contributed by atoms with Crippen molar-refractivity contribution in [2.45, 2.75) is 13.8 Å². The van der Waals surface area contributed by atoms with Crippen molar-refractivity contribution < 1.29 is 23.6 Å². The molecule has 6 rings (SSSR count). The minimum Gasteiger partial charge on any atom is -0.490 e. The zero-order valence-electron chi connectivity index (χ0n) is 25.1. The molecule has 0 bridgehead atoms. The summed E-state index contributed by atoms with van der Waals surface area (Å²) in [4.78, 5) is 42.5. The Morgan fingerprint density at radius 2 is 1.87 bits per heavy atom. The number of nitrogens with one attached hydrogen (secondary N) is 1. The molecule has 0 aliphatic heterocycles. The van der Waals surface area contributed by atoms with Crippen LogP contribution in [0.5, 0.6) is 11.5 Å². The predicted octanol–water partition coefficient (Wildman–Crippen LogP) is 6.98. The van der Waals surface area contributed by atoms with Gasteiger partial charge in [0, 0.05) is 27.7 Å². The summed E-state index contributed by atoms with van der Waals surface area (Å²) in [6.45, 7) is 3.19. The highest BCUT2D eigenvalue weighted by Crippen LogP contribution is 2.38. The first kappa shape index (κ1) is 31.0. The number of nitro benzene ring substituents is 1. The standard InChI is InChI=1S/C34H26ClN5O7/c1-3-45-29-15-21(14-27(40(43)44)32(29)46-19-31(41)37-25-10-6-4-8-20(25)2)18-36-39-33(38-26-11-7-5-9-24(26)34(39)42)30-17-22-16-23(35)12-13-28(22)47-30/h4-18H,3,19H2,1-2H3,(H,37,41). The zero-order chi connectivity index (χ0) is 33.1. The van der Waals surface area contributed by atoms with E-state index in [1.165, 1.54) is 18.3 Å². The van der Waals surface area contributed by atoms with Crippen LogP contribution in [0.25, 0.3) is 33.5 Å². The van der Waals surface area contributed by atoms with Crippen LogP contribution in [0, 0.1) is 17.0 Å². The maximum Gasteiger partial charge on any atom is 0.315 e. The highest BCUT2D eigenvalue weighted by Gasteiger charge is 2.24. The number of carbonyl (C=O) groups is 1. The number of benzene rings is 4. The number of furan rings is 1. The fraction of sp³-hybridized carbons (Fsp3) is 0.118. The van der Waals surface area contributed by atoms with Crippen molar-refractivity contribution in [1.82, 2.24) is 9.66 Å². The van der Waals surface area contributed by atoms with Crippen molar-refractivity contribution in [3.8, 4) is 23.1 Å². The minimum absolute atomic E-state index is 0.0187. The van der Waals surface area contributed by atoms with Crippen LogP contribution < -0.4 is 20.3 Å². The molecular weight excluding hydrogens is 626 g/mol. The van der Waals surface area contributed by atoms with Crippen LogP contribution in [-0.4, -0.2) is 39.9 Å². The summed E-state index contributed by atoms with van der Waals surface area (Å²) in [7, 11) is 0. The summed E-state index contributed by atoms with van der Waals surface area (Å²) in [6.07, 6.45) is 1.27. The fourth-order valence-electron chi connectivity index (χ4n) is 4.90. The summed E-state index contributed by atoms with van der Waals surface area (Å²) in [5.41, 5.74) is 1.68. The Morgan fingerprint density at radius 3 is 2.66 bits per heavy atom. The predicted molar refractivity (Wildman–Crippen MR) is 179 cm³/mol. The number of ether oxygens (including phenoxy) is 2. The van der Waals surface area contributed by atoms with Gasteiger partial charge in [-0.05, 0) is 67.9 Å². The van der Waals surface area contributed by atoms with Gasteiger partial charge in [0.25, 0.3) is 11.5 Å². The molecule has 47 heavy (non-hydrogen) atoms. The van der Waals surface area contributed by atoms with Crippen LogP contribution in [0.1, 0.15) is 18.1 Å². The molecule has 0 aliphatic carbocycles. The lowest BCUT2D eigenvalue weighted by molar-refractivity contribution is -0.385. The summed E-state index contributed by atoms with van der Waals surface area (Å²) < 4.78 is 18.4. The van der Waals surface area contributed by atoms with Gasteiger partial charge in [-0.1, -0.05) is 41.9 Å².